The molecule has 9 heteroatoms. The summed E-state index contributed by atoms with van der Waals surface area (Å²) < 4.78 is 3.45. The summed E-state index contributed by atoms with van der Waals surface area (Å²) in [6, 6.07) is 20.0. The molecule has 2 aromatic carbocycles. The van der Waals surface area contributed by atoms with Crippen LogP contribution in [-0.4, -0.2) is 43.2 Å². The van der Waals surface area contributed by atoms with Crippen LogP contribution < -0.4 is 16.2 Å². The molecule has 0 radical (unpaired) electrons. The van der Waals surface area contributed by atoms with Gasteiger partial charge in [-0.15, -0.1) is 0 Å². The van der Waals surface area contributed by atoms with Crippen molar-refractivity contribution in [2.75, 3.05) is 18.0 Å². The van der Waals surface area contributed by atoms with E-state index in [2.05, 4.69) is 25.9 Å². The van der Waals surface area contributed by atoms with Gasteiger partial charge in [-0.3, -0.25) is 9.36 Å². The Morgan fingerprint density at radius 3 is 2.68 bits per heavy atom. The predicted molar refractivity (Wildman–Crippen MR) is 142 cm³/mol. The van der Waals surface area contributed by atoms with E-state index < -0.39 is 0 Å². The third-order valence-electron chi connectivity index (χ3n) is 6.90. The van der Waals surface area contributed by atoms with Crippen molar-refractivity contribution in [1.82, 2.24) is 24.1 Å². The molecule has 0 amide bonds. The molecule has 37 heavy (non-hydrogen) atoms. The Kier molecular flexibility index (Phi) is 5.87. The summed E-state index contributed by atoms with van der Waals surface area (Å²) in [5, 5.41) is 11.1. The molecule has 5 aromatic rings. The molecule has 6 rings (SSSR count). The predicted octanol–water partition coefficient (Wildman–Crippen LogP) is 3.04. The highest BCUT2D eigenvalue weighted by Crippen LogP contribution is 2.32. The lowest BCUT2D eigenvalue weighted by atomic mass is 10.1. The highest BCUT2D eigenvalue weighted by Gasteiger charge is 2.28. The fraction of sp³-hybridized carbons (Fsp3) is 0.250. The summed E-state index contributed by atoms with van der Waals surface area (Å²) in [6.45, 7) is 2.01. The number of piperidine rings is 1. The maximum atomic E-state index is 13.9. The Labute approximate surface area is 213 Å². The van der Waals surface area contributed by atoms with E-state index >= 15 is 0 Å². The van der Waals surface area contributed by atoms with E-state index in [1.807, 2.05) is 59.2 Å². The molecule has 0 bridgehead atoms. The van der Waals surface area contributed by atoms with Crippen LogP contribution in [0.3, 0.4) is 0 Å². The highest BCUT2D eigenvalue weighted by atomic mass is 16.1. The van der Waals surface area contributed by atoms with Crippen LogP contribution in [0.2, 0.25) is 0 Å². The van der Waals surface area contributed by atoms with Crippen molar-refractivity contribution >= 4 is 27.8 Å². The van der Waals surface area contributed by atoms with E-state index in [0.717, 1.165) is 35.9 Å². The van der Waals surface area contributed by atoms with E-state index in [0.29, 0.717) is 41.3 Å². The van der Waals surface area contributed by atoms with Crippen molar-refractivity contribution in [3.05, 3.63) is 94.4 Å². The Bertz CT molecular complexity index is 1700. The third kappa shape index (κ3) is 4.21. The number of rotatable bonds is 5. The largest absolute Gasteiger partial charge is 0.355 e. The number of anilines is 1. The fourth-order valence-electron chi connectivity index (χ4n) is 5.16. The van der Waals surface area contributed by atoms with Gasteiger partial charge in [0, 0.05) is 37.3 Å². The zero-order valence-electron chi connectivity index (χ0n) is 20.3. The summed E-state index contributed by atoms with van der Waals surface area (Å²) in [4.78, 5) is 29.8. The first kappa shape index (κ1) is 22.9. The summed E-state index contributed by atoms with van der Waals surface area (Å²) >= 11 is 0. The molecule has 1 atom stereocenters. The molecule has 3 aromatic heterocycles. The van der Waals surface area contributed by atoms with Gasteiger partial charge in [0.05, 0.1) is 18.4 Å². The summed E-state index contributed by atoms with van der Waals surface area (Å²) in [6.07, 6.45) is 5.12. The monoisotopic (exact) mass is 490 g/mol. The van der Waals surface area contributed by atoms with Gasteiger partial charge in [0.25, 0.3) is 5.56 Å². The zero-order chi connectivity index (χ0) is 25.4. The molecule has 9 nitrogen and oxygen atoms in total. The van der Waals surface area contributed by atoms with Crippen LogP contribution in [-0.2, 0) is 13.1 Å². The van der Waals surface area contributed by atoms with Gasteiger partial charge in [-0.25, -0.2) is 15.0 Å². The maximum Gasteiger partial charge on any atom is 0.278 e. The van der Waals surface area contributed by atoms with Crippen LogP contribution in [0.5, 0.6) is 0 Å². The smallest absolute Gasteiger partial charge is 0.278 e. The van der Waals surface area contributed by atoms with E-state index in [1.165, 1.54) is 10.9 Å². The van der Waals surface area contributed by atoms with Gasteiger partial charge in [0.2, 0.25) is 0 Å². The number of hydrogen-bond acceptors (Lipinski definition) is 7. The molecule has 1 aliphatic heterocycles. The van der Waals surface area contributed by atoms with Gasteiger partial charge >= 0.3 is 0 Å². The molecule has 0 unspecified atom stereocenters. The van der Waals surface area contributed by atoms with E-state index in [4.69, 9.17) is 5.73 Å². The molecule has 1 fully saturated rings. The molecule has 0 aliphatic carbocycles. The molecular weight excluding hydrogens is 464 g/mol. The number of nitrogens with zero attached hydrogens (tertiary/aromatic N) is 7. The first-order valence-corrected chi connectivity index (χ1v) is 12.4. The van der Waals surface area contributed by atoms with Crippen LogP contribution in [0.1, 0.15) is 29.8 Å². The van der Waals surface area contributed by atoms with Gasteiger partial charge in [0.1, 0.15) is 34.3 Å². The molecule has 184 valence electrons. The Balaban J connectivity index is 1.51. The summed E-state index contributed by atoms with van der Waals surface area (Å²) in [5.41, 5.74) is 9.13. The number of para-hydroxylation sites is 1. The lowest BCUT2D eigenvalue weighted by Crippen LogP contribution is -2.44. The third-order valence-corrected chi connectivity index (χ3v) is 6.90. The first-order valence-electron chi connectivity index (χ1n) is 12.4. The molecule has 2 N–H and O–H groups in total. The average Bonchev–Trinajstić information content (AvgIpc) is 3.24. The topological polar surface area (TPSA) is 119 Å². The van der Waals surface area contributed by atoms with E-state index in [1.54, 1.807) is 6.20 Å². The second-order valence-corrected chi connectivity index (χ2v) is 9.45. The molecule has 1 saturated heterocycles. The highest BCUT2D eigenvalue weighted by molar-refractivity contribution is 5.89. The Morgan fingerprint density at radius 2 is 1.86 bits per heavy atom. The zero-order valence-corrected chi connectivity index (χ0v) is 20.3. The first-order chi connectivity index (χ1) is 18.1. The summed E-state index contributed by atoms with van der Waals surface area (Å²) in [5.74, 6) is 1.23. The van der Waals surface area contributed by atoms with Crippen molar-refractivity contribution in [2.45, 2.75) is 32.0 Å². The van der Waals surface area contributed by atoms with Crippen LogP contribution >= 0.6 is 0 Å². The number of fused-ring (bicyclic) bond motifs is 2. The van der Waals surface area contributed by atoms with Crippen molar-refractivity contribution in [1.29, 1.82) is 5.26 Å². The summed E-state index contributed by atoms with van der Waals surface area (Å²) in [7, 11) is 0. The number of hydrogen-bond donors (Lipinski definition) is 1. The van der Waals surface area contributed by atoms with Crippen molar-refractivity contribution < 1.29 is 0 Å². The maximum absolute atomic E-state index is 13.9. The number of aromatic nitrogens is 5. The van der Waals surface area contributed by atoms with Crippen LogP contribution in [0.4, 0.5) is 5.82 Å². The molecule has 0 spiro atoms. The normalized spacial score (nSPS) is 15.8. The van der Waals surface area contributed by atoms with Gasteiger partial charge < -0.3 is 15.2 Å². The van der Waals surface area contributed by atoms with Crippen molar-refractivity contribution in [2.24, 2.45) is 5.73 Å². The number of benzene rings is 2. The van der Waals surface area contributed by atoms with Crippen LogP contribution in [0.25, 0.3) is 21.9 Å². The Morgan fingerprint density at radius 1 is 1.05 bits per heavy atom. The minimum atomic E-state index is -0.234. The standard InChI is InChI=1S/C28H26N8O/c29-13-22-25-26(28(37)35(18-32-25)17-24-31-14-20-9-4-5-11-23(20)33-24)36(15-19-7-2-1-3-8-19)27(22)34-12-6-10-21(30)16-34/h1-5,7-9,11,14,18,21H,6,10,12,15-17,30H2/t21-/m0/s1. The lowest BCUT2D eigenvalue weighted by molar-refractivity contribution is 0.498. The van der Waals surface area contributed by atoms with Gasteiger partial charge in [0.15, 0.2) is 0 Å². The van der Waals surface area contributed by atoms with Gasteiger partial charge in [-0.2, -0.15) is 5.26 Å². The van der Waals surface area contributed by atoms with Crippen molar-refractivity contribution in [3.63, 3.8) is 0 Å². The fourth-order valence-corrected chi connectivity index (χ4v) is 5.16. The Hall–Kier alpha value is -4.55. The van der Waals surface area contributed by atoms with Gasteiger partial charge in [-0.05, 0) is 24.5 Å². The second-order valence-electron chi connectivity index (χ2n) is 9.45. The molecule has 4 heterocycles. The molecule has 1 aliphatic rings. The average molecular weight is 491 g/mol. The minimum Gasteiger partial charge on any atom is -0.355 e. The van der Waals surface area contributed by atoms with Crippen LogP contribution in [0.15, 0.2) is 71.9 Å². The van der Waals surface area contributed by atoms with Gasteiger partial charge in [-0.1, -0.05) is 48.5 Å². The second kappa shape index (κ2) is 9.48. The van der Waals surface area contributed by atoms with Crippen LogP contribution in [0, 0.1) is 11.3 Å². The molecule has 0 saturated carbocycles. The number of nitriles is 1. The lowest BCUT2D eigenvalue weighted by Gasteiger charge is -2.33. The number of nitrogens with two attached hydrogens (primary N) is 1. The molecular formula is C28H26N8O. The minimum absolute atomic E-state index is 0.0122. The van der Waals surface area contributed by atoms with E-state index in [-0.39, 0.29) is 18.1 Å². The van der Waals surface area contributed by atoms with E-state index in [9.17, 15) is 10.1 Å². The SMILES string of the molecule is N#Cc1c(N2CCC[C@H](N)C2)n(Cc2ccccc2)c2c(=O)n(Cc3ncc4ccccc4n3)cnc12. The van der Waals surface area contributed by atoms with Crippen molar-refractivity contribution in [3.8, 4) is 6.07 Å². The quantitative estimate of drug-likeness (QED) is 0.402.